The Hall–Kier alpha value is -4.33. The minimum absolute atomic E-state index is 0.0655. The number of aromatic nitrogens is 2. The summed E-state index contributed by atoms with van der Waals surface area (Å²) >= 11 is 0. The van der Waals surface area contributed by atoms with Crippen LogP contribution in [-0.4, -0.2) is 80.9 Å². The Morgan fingerprint density at radius 1 is 0.939 bits per heavy atom. The number of rotatable bonds is 10. The van der Waals surface area contributed by atoms with Crippen molar-refractivity contribution in [3.05, 3.63) is 53.1 Å². The second kappa shape index (κ2) is 16.4. The Morgan fingerprint density at radius 3 is 2.27 bits per heavy atom. The lowest BCUT2D eigenvalue weighted by molar-refractivity contribution is -0.142. The fraction of sp³-hybridized carbons (Fsp3) is 0.605. The highest BCUT2D eigenvalue weighted by Gasteiger charge is 2.38. The molecule has 2 aliphatic rings. The molecule has 49 heavy (non-hydrogen) atoms. The van der Waals surface area contributed by atoms with Crippen LogP contribution in [0.1, 0.15) is 110 Å². The molecule has 2 aliphatic heterocycles. The van der Waals surface area contributed by atoms with E-state index in [-0.39, 0.29) is 47.6 Å². The Kier molecular flexibility index (Phi) is 12.5. The third kappa shape index (κ3) is 10.1. The van der Waals surface area contributed by atoms with Crippen molar-refractivity contribution < 1.29 is 23.9 Å². The molecular formula is C38H54N6O5. The molecule has 2 saturated heterocycles. The molecular weight excluding hydrogens is 620 g/mol. The molecule has 0 spiro atoms. The second-order valence-corrected chi connectivity index (χ2v) is 14.9. The zero-order valence-electron chi connectivity index (χ0n) is 30.4. The van der Waals surface area contributed by atoms with Crippen LogP contribution in [0.25, 0.3) is 0 Å². The summed E-state index contributed by atoms with van der Waals surface area (Å²) in [6.07, 6.45) is 4.90. The summed E-state index contributed by atoms with van der Waals surface area (Å²) in [7, 11) is 0. The summed E-state index contributed by atoms with van der Waals surface area (Å²) in [5.41, 5.74) is 1.91. The van der Waals surface area contributed by atoms with Crippen LogP contribution in [0.2, 0.25) is 0 Å². The smallest absolute Gasteiger partial charge is 0.408 e. The number of nitrogens with zero attached hydrogens (tertiary/aromatic N) is 3. The number of H-pyrrole nitrogens is 1. The van der Waals surface area contributed by atoms with Crippen LogP contribution < -0.4 is 10.6 Å². The molecule has 3 N–H and O–H groups in total. The van der Waals surface area contributed by atoms with Gasteiger partial charge in [-0.2, -0.15) is 0 Å². The van der Waals surface area contributed by atoms with E-state index in [0.29, 0.717) is 44.0 Å². The highest BCUT2D eigenvalue weighted by atomic mass is 16.6. The molecule has 4 amide bonds. The van der Waals surface area contributed by atoms with Gasteiger partial charge in [-0.1, -0.05) is 52.7 Å². The van der Waals surface area contributed by atoms with Gasteiger partial charge in [0.2, 0.25) is 17.7 Å². The first kappa shape index (κ1) is 37.5. The van der Waals surface area contributed by atoms with Gasteiger partial charge in [0.05, 0.1) is 12.2 Å². The lowest BCUT2D eigenvalue weighted by Crippen LogP contribution is -2.52. The normalized spacial score (nSPS) is 19.0. The lowest BCUT2D eigenvalue weighted by atomic mass is 9.96. The fourth-order valence-corrected chi connectivity index (χ4v) is 6.20. The molecule has 1 aromatic carbocycles. The van der Waals surface area contributed by atoms with Crippen molar-refractivity contribution in [3.63, 3.8) is 0 Å². The summed E-state index contributed by atoms with van der Waals surface area (Å²) in [5.74, 6) is 6.84. The Labute approximate surface area is 291 Å². The van der Waals surface area contributed by atoms with E-state index in [2.05, 4.69) is 32.4 Å². The number of likely N-dealkylation sites (tertiary alicyclic amines) is 2. The highest BCUT2D eigenvalue weighted by Crippen LogP contribution is 2.31. The SMILES string of the molecule is CC(C)[C@@H](C)C(=O)N1CCC[C@H]1C(=O)NCCc1ccc(C#Cc2cnc([C@@H]3CCCN3C(=O)[C@H](NC(=O)OC(C)(C)C)C(C)C)[nH]2)cc1. The maximum absolute atomic E-state index is 13.6. The van der Waals surface area contributed by atoms with Crippen molar-refractivity contribution >= 4 is 23.8 Å². The first-order valence-corrected chi connectivity index (χ1v) is 17.7. The molecule has 0 radical (unpaired) electrons. The van der Waals surface area contributed by atoms with Gasteiger partial charge in [-0.3, -0.25) is 14.4 Å². The quantitative estimate of drug-likeness (QED) is 0.305. The zero-order valence-corrected chi connectivity index (χ0v) is 30.4. The van der Waals surface area contributed by atoms with E-state index in [4.69, 9.17) is 4.74 Å². The number of hydrogen-bond donors (Lipinski definition) is 3. The fourth-order valence-electron chi connectivity index (χ4n) is 6.20. The van der Waals surface area contributed by atoms with Gasteiger partial charge in [0, 0.05) is 31.1 Å². The molecule has 4 rings (SSSR count). The van der Waals surface area contributed by atoms with Gasteiger partial charge in [-0.25, -0.2) is 9.78 Å². The third-order valence-corrected chi connectivity index (χ3v) is 9.29. The van der Waals surface area contributed by atoms with Gasteiger partial charge in [-0.15, -0.1) is 0 Å². The number of benzene rings is 1. The van der Waals surface area contributed by atoms with E-state index in [1.807, 2.05) is 58.9 Å². The van der Waals surface area contributed by atoms with Crippen molar-refractivity contribution in [1.82, 2.24) is 30.4 Å². The molecule has 11 nitrogen and oxygen atoms in total. The molecule has 266 valence electrons. The van der Waals surface area contributed by atoms with Crippen molar-refractivity contribution in [2.45, 2.75) is 111 Å². The van der Waals surface area contributed by atoms with E-state index in [1.54, 1.807) is 36.8 Å². The van der Waals surface area contributed by atoms with E-state index in [9.17, 15) is 19.2 Å². The van der Waals surface area contributed by atoms with Crippen LogP contribution in [0.4, 0.5) is 4.79 Å². The molecule has 1 aromatic heterocycles. The zero-order chi connectivity index (χ0) is 35.9. The van der Waals surface area contributed by atoms with E-state index in [1.165, 1.54) is 0 Å². The number of carbonyl (C=O) groups is 4. The number of aromatic amines is 1. The number of ether oxygens (including phenoxy) is 1. The summed E-state index contributed by atoms with van der Waals surface area (Å²) in [4.78, 5) is 63.3. The van der Waals surface area contributed by atoms with Crippen molar-refractivity contribution in [2.24, 2.45) is 17.8 Å². The van der Waals surface area contributed by atoms with Crippen LogP contribution >= 0.6 is 0 Å². The number of hydrogen-bond acceptors (Lipinski definition) is 6. The van der Waals surface area contributed by atoms with Gasteiger partial charge < -0.3 is 30.2 Å². The predicted octanol–water partition coefficient (Wildman–Crippen LogP) is 4.96. The van der Waals surface area contributed by atoms with Gasteiger partial charge in [0.1, 0.15) is 29.2 Å². The maximum Gasteiger partial charge on any atom is 0.408 e. The van der Waals surface area contributed by atoms with Crippen molar-refractivity contribution in [2.75, 3.05) is 19.6 Å². The molecule has 0 aliphatic carbocycles. The predicted molar refractivity (Wildman–Crippen MR) is 188 cm³/mol. The average Bonchev–Trinajstić information content (AvgIpc) is 3.82. The molecule has 2 fully saturated rings. The summed E-state index contributed by atoms with van der Waals surface area (Å²) in [6, 6.07) is 6.58. The van der Waals surface area contributed by atoms with E-state index >= 15 is 0 Å². The number of carbonyl (C=O) groups excluding carboxylic acids is 4. The first-order valence-electron chi connectivity index (χ1n) is 17.7. The van der Waals surface area contributed by atoms with Gasteiger partial charge in [-0.05, 0) is 88.3 Å². The van der Waals surface area contributed by atoms with E-state index < -0.39 is 17.7 Å². The number of imidazole rings is 1. The lowest BCUT2D eigenvalue weighted by Gasteiger charge is -2.31. The Bertz CT molecular complexity index is 1530. The molecule has 0 bridgehead atoms. The highest BCUT2D eigenvalue weighted by molar-refractivity contribution is 5.89. The van der Waals surface area contributed by atoms with Gasteiger partial charge in [0.25, 0.3) is 0 Å². The summed E-state index contributed by atoms with van der Waals surface area (Å²) in [6.45, 7) is 16.9. The maximum atomic E-state index is 13.6. The largest absolute Gasteiger partial charge is 0.444 e. The number of amides is 4. The molecule has 11 heteroatoms. The summed E-state index contributed by atoms with van der Waals surface area (Å²) in [5, 5.41) is 5.80. The van der Waals surface area contributed by atoms with Gasteiger partial charge >= 0.3 is 6.09 Å². The van der Waals surface area contributed by atoms with Crippen LogP contribution in [0.5, 0.6) is 0 Å². The van der Waals surface area contributed by atoms with Crippen molar-refractivity contribution in [3.8, 4) is 11.8 Å². The van der Waals surface area contributed by atoms with Crippen molar-refractivity contribution in [1.29, 1.82) is 0 Å². The molecule has 0 unspecified atom stereocenters. The topological polar surface area (TPSA) is 137 Å². The second-order valence-electron chi connectivity index (χ2n) is 14.9. The van der Waals surface area contributed by atoms with Crippen LogP contribution in [-0.2, 0) is 25.5 Å². The average molecular weight is 675 g/mol. The standard InChI is InChI=1S/C38H54N6O5/c1-24(2)26(5)35(46)44-22-10-12-31(44)34(45)39-20-19-28-15-13-27(14-16-28)17-18-29-23-40-33(41-29)30-11-9-21-43(30)36(47)32(25(3)4)42-37(48)49-38(6,7)8/h13-16,23-26,30-32H,9-12,19-22H2,1-8H3,(H,39,45)(H,40,41)(H,42,48)/t26-,30+,31+,32-/m1/s1. The summed E-state index contributed by atoms with van der Waals surface area (Å²) < 4.78 is 5.40. The molecule has 3 heterocycles. The van der Waals surface area contributed by atoms with E-state index in [0.717, 1.165) is 30.4 Å². The molecule has 4 atom stereocenters. The Morgan fingerprint density at radius 2 is 1.61 bits per heavy atom. The van der Waals surface area contributed by atoms with Crippen LogP contribution in [0, 0.1) is 29.6 Å². The number of nitrogens with one attached hydrogen (secondary N) is 3. The Balaban J connectivity index is 1.30. The first-order chi connectivity index (χ1) is 23.1. The molecule has 2 aromatic rings. The van der Waals surface area contributed by atoms with Crippen LogP contribution in [0.3, 0.4) is 0 Å². The van der Waals surface area contributed by atoms with Gasteiger partial charge in [0.15, 0.2) is 0 Å². The minimum Gasteiger partial charge on any atom is -0.444 e. The number of alkyl carbamates (subject to hydrolysis) is 1. The minimum atomic E-state index is -0.712. The monoisotopic (exact) mass is 674 g/mol. The third-order valence-electron chi connectivity index (χ3n) is 9.29. The molecule has 0 saturated carbocycles. The van der Waals surface area contributed by atoms with Crippen LogP contribution in [0.15, 0.2) is 30.5 Å².